The number of imidazole rings is 1. The Bertz CT molecular complexity index is 266. The number of aryl methyl sites for hydroxylation is 1. The largest absolute Gasteiger partial charge is 0.353 e. The lowest BCUT2D eigenvalue weighted by Crippen LogP contribution is -2.37. The third-order valence-electron chi connectivity index (χ3n) is 2.76. The van der Waals surface area contributed by atoms with Gasteiger partial charge in [-0.15, -0.1) is 0 Å². The zero-order chi connectivity index (χ0) is 8.55. The molecule has 0 bridgehead atoms. The van der Waals surface area contributed by atoms with Gasteiger partial charge in [0, 0.05) is 25.5 Å². The molecule has 3 heteroatoms. The molecule has 66 valence electrons. The molecule has 0 saturated heterocycles. The lowest BCUT2D eigenvalue weighted by atomic mass is 9.81. The molecule has 2 unspecified atom stereocenters. The van der Waals surface area contributed by atoms with Crippen molar-refractivity contribution in [3.8, 4) is 0 Å². The Morgan fingerprint density at radius 1 is 1.58 bits per heavy atom. The van der Waals surface area contributed by atoms with Crippen LogP contribution in [-0.2, 0) is 7.05 Å². The second-order valence-corrected chi connectivity index (χ2v) is 3.67. The third kappa shape index (κ3) is 1.19. The van der Waals surface area contributed by atoms with E-state index in [9.17, 15) is 0 Å². The Hall–Kier alpha value is -0.990. The fourth-order valence-corrected chi connectivity index (χ4v) is 1.55. The zero-order valence-corrected chi connectivity index (χ0v) is 7.62. The molecule has 1 aromatic heterocycles. The summed E-state index contributed by atoms with van der Waals surface area (Å²) >= 11 is 0. The summed E-state index contributed by atoms with van der Waals surface area (Å²) in [5, 5.41) is 3.43. The maximum atomic E-state index is 4.22. The topological polar surface area (TPSA) is 29.9 Å². The SMILES string of the molecule is CC1CCC1Nc1nccn1C. The van der Waals surface area contributed by atoms with Gasteiger partial charge in [0.1, 0.15) is 0 Å². The number of nitrogens with one attached hydrogen (secondary N) is 1. The van der Waals surface area contributed by atoms with Gasteiger partial charge in [-0.05, 0) is 18.8 Å². The average Bonchev–Trinajstić information content (AvgIpc) is 2.44. The Morgan fingerprint density at radius 3 is 2.83 bits per heavy atom. The Kier molecular flexibility index (Phi) is 1.79. The lowest BCUT2D eigenvalue weighted by Gasteiger charge is -2.34. The van der Waals surface area contributed by atoms with Crippen molar-refractivity contribution in [3.63, 3.8) is 0 Å². The first-order chi connectivity index (χ1) is 5.77. The van der Waals surface area contributed by atoms with Gasteiger partial charge >= 0.3 is 0 Å². The van der Waals surface area contributed by atoms with Gasteiger partial charge in [0.2, 0.25) is 5.95 Å². The van der Waals surface area contributed by atoms with Gasteiger partial charge in [0.05, 0.1) is 0 Å². The molecule has 3 nitrogen and oxygen atoms in total. The van der Waals surface area contributed by atoms with Gasteiger partial charge in [0.25, 0.3) is 0 Å². The molecule has 2 rings (SSSR count). The molecule has 12 heavy (non-hydrogen) atoms. The second-order valence-electron chi connectivity index (χ2n) is 3.67. The fraction of sp³-hybridized carbons (Fsp3) is 0.667. The summed E-state index contributed by atoms with van der Waals surface area (Å²) in [6.07, 6.45) is 6.42. The molecule has 0 radical (unpaired) electrons. The molecule has 1 aliphatic rings. The molecule has 0 spiro atoms. The number of hydrogen-bond acceptors (Lipinski definition) is 2. The van der Waals surface area contributed by atoms with Gasteiger partial charge < -0.3 is 9.88 Å². The average molecular weight is 165 g/mol. The summed E-state index contributed by atoms with van der Waals surface area (Å²) in [4.78, 5) is 4.22. The van der Waals surface area contributed by atoms with E-state index in [0.717, 1.165) is 11.9 Å². The van der Waals surface area contributed by atoms with E-state index >= 15 is 0 Å². The van der Waals surface area contributed by atoms with Crippen molar-refractivity contribution in [3.05, 3.63) is 12.4 Å². The molecule has 1 N–H and O–H groups in total. The number of aromatic nitrogens is 2. The molecule has 0 aliphatic heterocycles. The van der Waals surface area contributed by atoms with E-state index in [1.165, 1.54) is 12.8 Å². The van der Waals surface area contributed by atoms with Gasteiger partial charge in [-0.25, -0.2) is 4.98 Å². The predicted octanol–water partition coefficient (Wildman–Crippen LogP) is 1.63. The van der Waals surface area contributed by atoms with Crippen LogP contribution in [0, 0.1) is 5.92 Å². The molecule has 1 saturated carbocycles. The molecule has 1 fully saturated rings. The predicted molar refractivity (Wildman–Crippen MR) is 49.0 cm³/mol. The summed E-state index contributed by atoms with van der Waals surface area (Å²) in [5.41, 5.74) is 0. The molecule has 0 aromatic carbocycles. The van der Waals surface area contributed by atoms with Crippen LogP contribution in [0.25, 0.3) is 0 Å². The maximum absolute atomic E-state index is 4.22. The summed E-state index contributed by atoms with van der Waals surface area (Å²) in [5.74, 6) is 1.80. The third-order valence-corrected chi connectivity index (χ3v) is 2.76. The fourth-order valence-electron chi connectivity index (χ4n) is 1.55. The molecular formula is C9H15N3. The first-order valence-electron chi connectivity index (χ1n) is 4.51. The van der Waals surface area contributed by atoms with E-state index in [-0.39, 0.29) is 0 Å². The van der Waals surface area contributed by atoms with Crippen LogP contribution in [0.4, 0.5) is 5.95 Å². The molecule has 2 atom stereocenters. The van der Waals surface area contributed by atoms with Gasteiger partial charge in [-0.2, -0.15) is 0 Å². The van der Waals surface area contributed by atoms with Crippen LogP contribution in [0.2, 0.25) is 0 Å². The van der Waals surface area contributed by atoms with E-state index < -0.39 is 0 Å². The summed E-state index contributed by atoms with van der Waals surface area (Å²) in [6.45, 7) is 2.28. The monoisotopic (exact) mass is 165 g/mol. The second kappa shape index (κ2) is 2.81. The van der Waals surface area contributed by atoms with Crippen LogP contribution in [-0.4, -0.2) is 15.6 Å². The van der Waals surface area contributed by atoms with E-state index in [1.54, 1.807) is 0 Å². The van der Waals surface area contributed by atoms with Gasteiger partial charge in [0.15, 0.2) is 0 Å². The molecular weight excluding hydrogens is 150 g/mol. The van der Waals surface area contributed by atoms with Crippen molar-refractivity contribution in [1.29, 1.82) is 0 Å². The van der Waals surface area contributed by atoms with Crippen molar-refractivity contribution >= 4 is 5.95 Å². The van der Waals surface area contributed by atoms with E-state index in [2.05, 4.69) is 17.2 Å². The normalized spacial score (nSPS) is 28.2. The van der Waals surface area contributed by atoms with Crippen molar-refractivity contribution in [1.82, 2.24) is 9.55 Å². The number of hydrogen-bond donors (Lipinski definition) is 1. The Morgan fingerprint density at radius 2 is 2.42 bits per heavy atom. The van der Waals surface area contributed by atoms with Crippen LogP contribution in [0.15, 0.2) is 12.4 Å². The molecule has 0 amide bonds. The standard InChI is InChI=1S/C9H15N3/c1-7-3-4-8(7)11-9-10-5-6-12(9)2/h5-8H,3-4H2,1-2H3,(H,10,11). The van der Waals surface area contributed by atoms with E-state index in [1.807, 2.05) is 24.0 Å². The van der Waals surface area contributed by atoms with Crippen LogP contribution < -0.4 is 5.32 Å². The highest BCUT2D eigenvalue weighted by atomic mass is 15.2. The number of nitrogens with zero attached hydrogens (tertiary/aromatic N) is 2. The molecule has 1 aromatic rings. The molecule has 1 aliphatic carbocycles. The minimum atomic E-state index is 0.645. The first kappa shape index (κ1) is 7.65. The quantitative estimate of drug-likeness (QED) is 0.721. The summed E-state index contributed by atoms with van der Waals surface area (Å²) < 4.78 is 2.02. The highest BCUT2D eigenvalue weighted by molar-refractivity contribution is 5.28. The highest BCUT2D eigenvalue weighted by Crippen LogP contribution is 2.28. The van der Waals surface area contributed by atoms with Crippen LogP contribution in [0.3, 0.4) is 0 Å². The van der Waals surface area contributed by atoms with Crippen molar-refractivity contribution in [2.45, 2.75) is 25.8 Å². The smallest absolute Gasteiger partial charge is 0.202 e. The lowest BCUT2D eigenvalue weighted by molar-refractivity contribution is 0.301. The number of rotatable bonds is 2. The van der Waals surface area contributed by atoms with Crippen LogP contribution in [0.5, 0.6) is 0 Å². The minimum Gasteiger partial charge on any atom is -0.353 e. The van der Waals surface area contributed by atoms with E-state index in [4.69, 9.17) is 0 Å². The van der Waals surface area contributed by atoms with Gasteiger partial charge in [-0.3, -0.25) is 0 Å². The van der Waals surface area contributed by atoms with Crippen molar-refractivity contribution in [2.24, 2.45) is 13.0 Å². The summed E-state index contributed by atoms with van der Waals surface area (Å²) in [6, 6.07) is 0.645. The summed E-state index contributed by atoms with van der Waals surface area (Å²) in [7, 11) is 2.01. The first-order valence-corrected chi connectivity index (χ1v) is 4.51. The Balaban J connectivity index is 1.99. The van der Waals surface area contributed by atoms with Crippen LogP contribution in [0.1, 0.15) is 19.8 Å². The maximum Gasteiger partial charge on any atom is 0.202 e. The zero-order valence-electron chi connectivity index (χ0n) is 7.62. The highest BCUT2D eigenvalue weighted by Gasteiger charge is 2.27. The van der Waals surface area contributed by atoms with Crippen molar-refractivity contribution < 1.29 is 0 Å². The van der Waals surface area contributed by atoms with Crippen molar-refractivity contribution in [2.75, 3.05) is 5.32 Å². The Labute approximate surface area is 72.8 Å². The minimum absolute atomic E-state index is 0.645. The number of anilines is 1. The van der Waals surface area contributed by atoms with Gasteiger partial charge in [-0.1, -0.05) is 6.92 Å². The van der Waals surface area contributed by atoms with Crippen LogP contribution >= 0.6 is 0 Å². The molecule has 1 heterocycles. The van der Waals surface area contributed by atoms with E-state index in [0.29, 0.717) is 6.04 Å².